The normalized spacial score (nSPS) is 12.3. The minimum Gasteiger partial charge on any atom is -0.465 e. The first-order valence-corrected chi connectivity index (χ1v) is 18.1. The van der Waals surface area contributed by atoms with Gasteiger partial charge in [0.2, 0.25) is 0 Å². The smallest absolute Gasteiger partial charge is 0.322 e. The highest BCUT2D eigenvalue weighted by atomic mass is 32.2. The van der Waals surface area contributed by atoms with Crippen LogP contribution >= 0.6 is 0 Å². The van der Waals surface area contributed by atoms with Crippen LogP contribution in [0.5, 0.6) is 0 Å². The number of carbonyl (C=O) groups excluding carboxylic acids is 1. The van der Waals surface area contributed by atoms with Crippen LogP contribution in [-0.2, 0) is 19.6 Å². The van der Waals surface area contributed by atoms with E-state index in [1.165, 1.54) is 129 Å². The highest BCUT2D eigenvalue weighted by Gasteiger charge is 2.14. The van der Waals surface area contributed by atoms with Gasteiger partial charge < -0.3 is 10.5 Å². The number of hydrogen-bond acceptors (Lipinski definition) is 5. The van der Waals surface area contributed by atoms with Crippen molar-refractivity contribution in [3.05, 3.63) is 0 Å². The number of unbranched alkanes of at least 4 members (excludes halogenated alkanes) is 19. The molecule has 6 nitrogen and oxygen atoms in total. The molecule has 0 heterocycles. The fraction of sp³-hybridized carbons (Fsp3) is 0.969. The average Bonchev–Trinajstić information content (AvgIpc) is 2.89. The fourth-order valence-electron chi connectivity index (χ4n) is 4.49. The third-order valence-electron chi connectivity index (χ3n) is 7.21. The van der Waals surface area contributed by atoms with Crippen molar-refractivity contribution >= 4 is 16.1 Å². The fourth-order valence-corrected chi connectivity index (χ4v) is 4.49. The van der Waals surface area contributed by atoms with E-state index in [0.717, 1.165) is 31.6 Å². The van der Waals surface area contributed by atoms with E-state index in [-0.39, 0.29) is 11.7 Å². The minimum absolute atomic E-state index is 0.196. The Morgan fingerprint density at radius 2 is 0.974 bits per heavy atom. The molecule has 0 radical (unpaired) electrons. The average molecular weight is 578 g/mol. The molecular weight excluding hydrogens is 510 g/mol. The summed E-state index contributed by atoms with van der Waals surface area (Å²) in [7, 11) is -3.66. The summed E-state index contributed by atoms with van der Waals surface area (Å²) in [5.41, 5.74) is 5.99. The SMILES string of the molecule is CCCCCCCCCCC(N)C(=O)OCCCCCCCCCCCCCCCC(C)C.CCS(=O)(=O)O. The maximum atomic E-state index is 12.0. The van der Waals surface area contributed by atoms with E-state index in [9.17, 15) is 13.2 Å². The Balaban J connectivity index is 0. The van der Waals surface area contributed by atoms with Gasteiger partial charge in [0.15, 0.2) is 0 Å². The summed E-state index contributed by atoms with van der Waals surface area (Å²) in [6, 6.07) is -0.426. The first kappa shape index (κ1) is 40.5. The number of hydrogen-bond donors (Lipinski definition) is 2. The van der Waals surface area contributed by atoms with Crippen molar-refractivity contribution in [3.8, 4) is 0 Å². The Morgan fingerprint density at radius 3 is 1.33 bits per heavy atom. The molecule has 0 saturated carbocycles. The van der Waals surface area contributed by atoms with Gasteiger partial charge in [-0.05, 0) is 25.7 Å². The molecule has 0 rings (SSSR count). The molecule has 3 N–H and O–H groups in total. The van der Waals surface area contributed by atoms with Crippen LogP contribution in [0.3, 0.4) is 0 Å². The first-order valence-electron chi connectivity index (χ1n) is 16.5. The lowest BCUT2D eigenvalue weighted by Gasteiger charge is -2.11. The van der Waals surface area contributed by atoms with Gasteiger partial charge in [0.25, 0.3) is 10.1 Å². The lowest BCUT2D eigenvalue weighted by molar-refractivity contribution is -0.145. The van der Waals surface area contributed by atoms with Crippen LogP contribution in [0.2, 0.25) is 0 Å². The summed E-state index contributed by atoms with van der Waals surface area (Å²) < 4.78 is 32.3. The van der Waals surface area contributed by atoms with E-state index in [1.54, 1.807) is 0 Å². The molecule has 0 aliphatic rings. The zero-order chi connectivity index (χ0) is 29.6. The summed E-state index contributed by atoms with van der Waals surface area (Å²) in [5, 5.41) is 0. The molecule has 0 spiro atoms. The first-order chi connectivity index (χ1) is 18.6. The van der Waals surface area contributed by atoms with Gasteiger partial charge in [-0.1, -0.05) is 156 Å². The summed E-state index contributed by atoms with van der Waals surface area (Å²) in [4.78, 5) is 12.0. The van der Waals surface area contributed by atoms with Crippen LogP contribution < -0.4 is 5.73 Å². The topological polar surface area (TPSA) is 107 Å². The molecule has 0 aromatic rings. The minimum atomic E-state index is -3.66. The quantitative estimate of drug-likeness (QED) is 0.0572. The van der Waals surface area contributed by atoms with Crippen molar-refractivity contribution in [1.82, 2.24) is 0 Å². The second-order valence-electron chi connectivity index (χ2n) is 11.7. The zero-order valence-electron chi connectivity index (χ0n) is 26.4. The van der Waals surface area contributed by atoms with E-state index in [1.807, 2.05) is 0 Å². The van der Waals surface area contributed by atoms with Crippen molar-refractivity contribution in [1.29, 1.82) is 0 Å². The van der Waals surface area contributed by atoms with Crippen LogP contribution in [0.15, 0.2) is 0 Å². The lowest BCUT2D eigenvalue weighted by atomic mass is 10.0. The predicted molar refractivity (Wildman–Crippen MR) is 168 cm³/mol. The Kier molecular flexibility index (Phi) is 31.5. The second kappa shape index (κ2) is 30.3. The lowest BCUT2D eigenvalue weighted by Crippen LogP contribution is -2.32. The van der Waals surface area contributed by atoms with Gasteiger partial charge in [0.1, 0.15) is 6.04 Å². The molecule has 39 heavy (non-hydrogen) atoms. The standard InChI is InChI=1S/C30H61NO2.C2H6O3S/c1-4-5-6-7-8-17-20-23-26-29(31)30(32)33-27-24-21-18-15-13-11-9-10-12-14-16-19-22-25-28(2)3;1-2-6(3,4)5/h28-29H,4-27,31H2,1-3H3;2H2,1H3,(H,3,4,5). The van der Waals surface area contributed by atoms with Crippen molar-refractivity contribution in [2.45, 2.75) is 181 Å². The van der Waals surface area contributed by atoms with Crippen molar-refractivity contribution in [3.63, 3.8) is 0 Å². The van der Waals surface area contributed by atoms with E-state index in [4.69, 9.17) is 15.0 Å². The number of rotatable bonds is 27. The molecule has 0 amide bonds. The molecule has 1 atom stereocenters. The molecule has 0 fully saturated rings. The maximum absolute atomic E-state index is 12.0. The van der Waals surface area contributed by atoms with Gasteiger partial charge in [-0.3, -0.25) is 9.35 Å². The molecule has 0 aromatic heterocycles. The highest BCUT2D eigenvalue weighted by Crippen LogP contribution is 2.15. The van der Waals surface area contributed by atoms with Crippen LogP contribution in [-0.4, -0.2) is 37.3 Å². The predicted octanol–water partition coefficient (Wildman–Crippen LogP) is 9.40. The van der Waals surface area contributed by atoms with Gasteiger partial charge >= 0.3 is 5.97 Å². The van der Waals surface area contributed by atoms with Crippen LogP contribution in [0.25, 0.3) is 0 Å². The summed E-state index contributed by atoms with van der Waals surface area (Å²) in [6.45, 7) is 8.81. The summed E-state index contributed by atoms with van der Waals surface area (Å²) >= 11 is 0. The molecule has 0 aliphatic heterocycles. The van der Waals surface area contributed by atoms with Gasteiger partial charge in [0.05, 0.1) is 12.4 Å². The van der Waals surface area contributed by atoms with E-state index in [0.29, 0.717) is 6.61 Å². The monoisotopic (exact) mass is 577 g/mol. The summed E-state index contributed by atoms with van der Waals surface area (Å²) in [5.74, 6) is 0.470. The van der Waals surface area contributed by atoms with Crippen LogP contribution in [0, 0.1) is 5.92 Å². The molecule has 0 saturated heterocycles. The van der Waals surface area contributed by atoms with Crippen molar-refractivity contribution < 1.29 is 22.5 Å². The number of ether oxygens (including phenoxy) is 1. The Hall–Kier alpha value is -0.660. The van der Waals surface area contributed by atoms with E-state index < -0.39 is 16.2 Å². The molecular formula is C32H67NO5S. The molecule has 0 aromatic carbocycles. The molecule has 1 unspecified atom stereocenters. The third kappa shape index (κ3) is 37.3. The maximum Gasteiger partial charge on any atom is 0.322 e. The van der Waals surface area contributed by atoms with Gasteiger partial charge in [0, 0.05) is 0 Å². The van der Waals surface area contributed by atoms with Crippen molar-refractivity contribution in [2.24, 2.45) is 11.7 Å². The molecule has 7 heteroatoms. The van der Waals surface area contributed by atoms with Crippen LogP contribution in [0.1, 0.15) is 175 Å². The second-order valence-corrected chi connectivity index (χ2v) is 13.4. The Bertz CT molecular complexity index is 610. The van der Waals surface area contributed by atoms with E-state index in [2.05, 4.69) is 20.8 Å². The molecule has 0 bridgehead atoms. The Labute approximate surface area is 243 Å². The number of esters is 1. The summed E-state index contributed by atoms with van der Waals surface area (Å²) in [6.07, 6.45) is 29.8. The van der Waals surface area contributed by atoms with E-state index >= 15 is 0 Å². The number of carbonyl (C=O) groups is 1. The van der Waals surface area contributed by atoms with Gasteiger partial charge in [-0.2, -0.15) is 8.42 Å². The number of nitrogens with two attached hydrogens (primary N) is 1. The van der Waals surface area contributed by atoms with Crippen molar-refractivity contribution in [2.75, 3.05) is 12.4 Å². The highest BCUT2D eigenvalue weighted by molar-refractivity contribution is 7.85. The Morgan fingerprint density at radius 1 is 0.641 bits per heavy atom. The van der Waals surface area contributed by atoms with Crippen LogP contribution in [0.4, 0.5) is 0 Å². The largest absolute Gasteiger partial charge is 0.465 e. The molecule has 0 aliphatic carbocycles. The molecule has 236 valence electrons. The van der Waals surface area contributed by atoms with Gasteiger partial charge in [-0.25, -0.2) is 0 Å². The third-order valence-corrected chi connectivity index (χ3v) is 7.94. The van der Waals surface area contributed by atoms with Gasteiger partial charge in [-0.15, -0.1) is 0 Å². The zero-order valence-corrected chi connectivity index (χ0v) is 27.2.